The van der Waals surface area contributed by atoms with Gasteiger partial charge in [0.1, 0.15) is 187 Å². The number of rotatable bonds is 9. The van der Waals surface area contributed by atoms with Gasteiger partial charge in [0.25, 0.3) is 0 Å². The Bertz CT molecular complexity index is 2230. The zero-order valence-corrected chi connectivity index (χ0v) is 45.3. The number of allylic oxidation sites excluding steroid dienone is 2. The second kappa shape index (κ2) is 29.3. The van der Waals surface area contributed by atoms with Gasteiger partial charge in [-0.05, 0) is 0 Å². The zero-order valence-electron chi connectivity index (χ0n) is 43.6. The second-order valence-electron chi connectivity index (χ2n) is 20.7. The molecular weight excluding hydrogens is 1190 g/mol. The molecule has 21 rings (SSSR count). The molecule has 0 aromatic carbocycles. The van der Waals surface area contributed by atoms with Crippen LogP contribution in [0.5, 0.6) is 0 Å². The number of hydrogen-bond donors (Lipinski definition) is 21. The Morgan fingerprint density at radius 3 is 0.631 bits per heavy atom. The maximum atomic E-state index is 11.7. The van der Waals surface area contributed by atoms with Crippen LogP contribution in [0.2, 0.25) is 0 Å². The molecule has 0 amide bonds. The van der Waals surface area contributed by atoms with Crippen LogP contribution in [0, 0.1) is 22.7 Å². The topological polar surface area (TPSA) is 581 Å². The van der Waals surface area contributed by atoms with E-state index in [2.05, 4.69) is 12.6 Å². The van der Waals surface area contributed by atoms with Crippen LogP contribution in [-0.4, -0.2) is 362 Å². The number of nitrogens with zero attached hydrogens (tertiary/aromatic N) is 2. The van der Waals surface area contributed by atoms with Gasteiger partial charge in [0.05, 0.1) is 45.7 Å². The third kappa shape index (κ3) is 13.7. The van der Waals surface area contributed by atoms with Crippen molar-refractivity contribution >= 4 is 24.4 Å². The van der Waals surface area contributed by atoms with Gasteiger partial charge in [0.15, 0.2) is 44.0 Å². The minimum absolute atomic E-state index is 0.309. The van der Waals surface area contributed by atoms with E-state index >= 15 is 0 Å². The summed E-state index contributed by atoms with van der Waals surface area (Å²) in [5, 5.41) is 242. The molecule has 38 heteroatoms. The summed E-state index contributed by atoms with van der Waals surface area (Å²) in [5.74, 6) is -0.510. The first kappa shape index (κ1) is 68.0. The minimum Gasteiger partial charge on any atom is -0.394 e. The number of aliphatic hydroxyl groups is 20. The van der Waals surface area contributed by atoms with Crippen molar-refractivity contribution in [1.29, 1.82) is 10.5 Å². The minimum atomic E-state index is -2.26. The molecule has 0 aromatic heterocycles. The molecule has 0 aromatic rings. The molecule has 0 spiro atoms. The molecule has 0 unspecified atom stereocenters. The summed E-state index contributed by atoms with van der Waals surface area (Å²) in [6.45, 7) is -6.43. The predicted molar refractivity (Wildman–Crippen MR) is 261 cm³/mol. The number of hydrogen-bond acceptors (Lipinski definition) is 38. The normalized spacial score (nSPS) is 51.9. The molecule has 0 aliphatic carbocycles. The monoisotopic (exact) mass is 1260 g/mol. The Balaban J connectivity index is 1.11. The van der Waals surface area contributed by atoms with Crippen molar-refractivity contribution in [1.82, 2.24) is 0 Å². The summed E-state index contributed by atoms with van der Waals surface area (Å²) in [6, 6.07) is 3.41. The standard InChI is InChI=1S/C46H70N2O34S2/c47-1-17(83)18(2-48)84-9-16-39-25(61)32(68)46(75-16)81-38-15(8-54)73-44(30(66)23(38)59)79-36-13(6-52)71-42(28(64)21(36)57)77-34-11(4-50)69-40(26(62)19(34)55)76-33-10(3-49)70-41(27(63)20(33)56)78-35-12(5-51)72-43(29(65)22(35)58)80-37-14(7-53)74-45(82-39)31(67)24(37)60/h10-16,19-46,49-68,83H,3-9H2/b18-17-/t10-,11+,12-,13+,14-,15+,16-,19+,20+,21-,22+,23+,24+,25+,26+,27+,28-,29+,30-,31+,32+,33+,34+,35+,36+,37+,38+,39+,40+,41+,42+,43+,44+,45+,46+/m0/s1. The Morgan fingerprint density at radius 1 is 0.286 bits per heavy atom. The lowest BCUT2D eigenvalue weighted by atomic mass is 9.95. The lowest BCUT2D eigenvalue weighted by molar-refractivity contribution is -0.396. The third-order valence-corrected chi connectivity index (χ3v) is 17.0. The highest BCUT2D eigenvalue weighted by atomic mass is 32.2. The van der Waals surface area contributed by atoms with Gasteiger partial charge in [-0.15, -0.1) is 24.4 Å². The van der Waals surface area contributed by atoms with Crippen LogP contribution < -0.4 is 0 Å². The van der Waals surface area contributed by atoms with E-state index in [1.807, 2.05) is 0 Å². The Hall–Kier alpha value is -1.94. The highest BCUT2D eigenvalue weighted by Crippen LogP contribution is 2.40. The molecule has 14 bridgehead atoms. The lowest BCUT2D eigenvalue weighted by Gasteiger charge is -2.50. The van der Waals surface area contributed by atoms with Crippen LogP contribution in [0.25, 0.3) is 0 Å². The maximum Gasteiger partial charge on any atom is 0.187 e. The molecule has 84 heavy (non-hydrogen) atoms. The Labute approximate surface area is 484 Å². The number of aliphatic hydroxyl groups excluding tert-OH is 20. The van der Waals surface area contributed by atoms with Gasteiger partial charge in [-0.25, -0.2) is 0 Å². The number of thiol groups is 1. The van der Waals surface area contributed by atoms with E-state index in [4.69, 9.17) is 66.3 Å². The van der Waals surface area contributed by atoms with Gasteiger partial charge in [0, 0.05) is 5.75 Å². The molecule has 36 nitrogen and oxygen atoms in total. The summed E-state index contributed by atoms with van der Waals surface area (Å²) < 4.78 is 80.6. The summed E-state index contributed by atoms with van der Waals surface area (Å²) in [5.41, 5.74) is 0. The summed E-state index contributed by atoms with van der Waals surface area (Å²) >= 11 is 4.58. The molecule has 0 saturated carbocycles. The fourth-order valence-electron chi connectivity index (χ4n) is 10.8. The van der Waals surface area contributed by atoms with Gasteiger partial charge in [0.2, 0.25) is 0 Å². The highest BCUT2D eigenvalue weighted by Gasteiger charge is 2.59. The van der Waals surface area contributed by atoms with Gasteiger partial charge < -0.3 is 168 Å². The van der Waals surface area contributed by atoms with Crippen molar-refractivity contribution in [3.8, 4) is 12.1 Å². The van der Waals surface area contributed by atoms with Crippen LogP contribution in [0.15, 0.2) is 9.81 Å². The van der Waals surface area contributed by atoms with E-state index in [9.17, 15) is 113 Å². The van der Waals surface area contributed by atoms with Crippen molar-refractivity contribution < 1.29 is 168 Å². The molecule has 21 saturated heterocycles. The third-order valence-electron chi connectivity index (χ3n) is 15.4. The molecule has 0 radical (unpaired) electrons. The molecule has 21 heterocycles. The molecule has 21 aliphatic heterocycles. The van der Waals surface area contributed by atoms with Gasteiger partial charge in [-0.1, -0.05) is 0 Å². The Kier molecular flexibility index (Phi) is 23.7. The first-order valence-electron chi connectivity index (χ1n) is 26.2. The van der Waals surface area contributed by atoms with Crippen LogP contribution in [0.4, 0.5) is 0 Å². The fourth-order valence-corrected chi connectivity index (χ4v) is 11.9. The SMILES string of the molecule is N#C/C(S)=C(\C#N)SC[C@@H]1O[C@@H]2O[C@H]3[C@H](O)[C@H](O)[C@@H](O[C@H]4[C@@H](O)[C@H](O)[C@@H](O[C@H]5[C@H](O)[C@@H](O)[C@@H](O[C@H]6[C@H](O)[C@@H](O)[C@@H](O[C@H]7[C@H](O)[C@@H](O)[C@@H](O[C@H]8[C@H](O)[C@@H](O)[C@@H](O[C@H]1[C@H](O)[C@H]2O)O[C@H]8CO)O[C@H]7CO)O[C@H]6CO)O[C@@H]5CO)O[C@@H]4CO)O[C@@H]3CO. The highest BCUT2D eigenvalue weighted by molar-refractivity contribution is 8.04. The van der Waals surface area contributed by atoms with Gasteiger partial charge in [-0.2, -0.15) is 10.5 Å². The van der Waals surface area contributed by atoms with E-state index in [1.165, 1.54) is 0 Å². The van der Waals surface area contributed by atoms with Crippen LogP contribution in [0.1, 0.15) is 0 Å². The van der Waals surface area contributed by atoms with E-state index < -0.39 is 260 Å². The molecular formula is C46H70N2O34S2. The van der Waals surface area contributed by atoms with Crippen LogP contribution in [-0.2, 0) is 66.3 Å². The van der Waals surface area contributed by atoms with Crippen LogP contribution in [0.3, 0.4) is 0 Å². The molecule has 35 atom stereocenters. The van der Waals surface area contributed by atoms with E-state index in [0.29, 0.717) is 11.8 Å². The average Bonchev–Trinajstić information content (AvgIpc) is 2.07. The smallest absolute Gasteiger partial charge is 0.187 e. The fraction of sp³-hybridized carbons (Fsp3) is 0.913. The van der Waals surface area contributed by atoms with Gasteiger partial charge in [-0.3, -0.25) is 0 Å². The van der Waals surface area contributed by atoms with Crippen molar-refractivity contribution in [2.75, 3.05) is 45.4 Å². The zero-order chi connectivity index (χ0) is 61.3. The number of ether oxygens (including phenoxy) is 14. The summed E-state index contributed by atoms with van der Waals surface area (Å²) in [6.07, 6.45) is -71.3. The van der Waals surface area contributed by atoms with E-state index in [-0.39, 0.29) is 9.81 Å². The molecule has 21 aliphatic rings. The molecule has 20 N–H and O–H groups in total. The van der Waals surface area contributed by atoms with E-state index in [1.54, 1.807) is 12.1 Å². The lowest BCUT2D eigenvalue weighted by Crippen LogP contribution is -2.68. The first-order valence-corrected chi connectivity index (χ1v) is 27.6. The summed E-state index contributed by atoms with van der Waals surface area (Å²) in [4.78, 5) is -0.690. The number of thioether (sulfide) groups is 1. The average molecular weight is 1260 g/mol. The van der Waals surface area contributed by atoms with Crippen LogP contribution >= 0.6 is 24.4 Å². The number of nitriles is 2. The predicted octanol–water partition coefficient (Wildman–Crippen LogP) is -13.3. The quantitative estimate of drug-likeness (QED) is 0.0753. The van der Waals surface area contributed by atoms with Crippen molar-refractivity contribution in [3.05, 3.63) is 9.81 Å². The first-order chi connectivity index (χ1) is 40.0. The van der Waals surface area contributed by atoms with E-state index in [0.717, 1.165) is 0 Å². The van der Waals surface area contributed by atoms with Crippen molar-refractivity contribution in [3.63, 3.8) is 0 Å². The van der Waals surface area contributed by atoms with Gasteiger partial charge >= 0.3 is 0 Å². The van der Waals surface area contributed by atoms with Crippen molar-refractivity contribution in [2.24, 2.45) is 0 Å². The largest absolute Gasteiger partial charge is 0.394 e. The Morgan fingerprint density at radius 2 is 0.464 bits per heavy atom. The maximum absolute atomic E-state index is 11.7. The van der Waals surface area contributed by atoms with Crippen molar-refractivity contribution in [2.45, 2.75) is 215 Å². The summed E-state index contributed by atoms with van der Waals surface area (Å²) in [7, 11) is 0. The molecule has 480 valence electrons. The molecule has 21 fully saturated rings. The second-order valence-corrected chi connectivity index (χ2v) is 22.2.